The number of rotatable bonds is 7. The Hall–Kier alpha value is -1.62. The zero-order valence-electron chi connectivity index (χ0n) is 11.6. The number of nitrogens with zero attached hydrogens (tertiary/aromatic N) is 1. The lowest BCUT2D eigenvalue weighted by Crippen LogP contribution is -2.32. The zero-order valence-corrected chi connectivity index (χ0v) is 11.6. The largest absolute Gasteiger partial charge is 0.454 e. The quantitative estimate of drug-likeness (QED) is 0.520. The summed E-state index contributed by atoms with van der Waals surface area (Å²) in [7, 11) is 1.70. The molecule has 0 spiro atoms. The van der Waals surface area contributed by atoms with Crippen molar-refractivity contribution in [1.82, 2.24) is 4.90 Å². The highest BCUT2D eigenvalue weighted by Gasteiger charge is 2.20. The summed E-state index contributed by atoms with van der Waals surface area (Å²) in [5.41, 5.74) is 0.997. The van der Waals surface area contributed by atoms with E-state index in [1.54, 1.807) is 24.9 Å². The van der Waals surface area contributed by atoms with Gasteiger partial charge in [0.05, 0.1) is 6.61 Å². The van der Waals surface area contributed by atoms with E-state index in [4.69, 9.17) is 9.47 Å². The van der Waals surface area contributed by atoms with Crippen LogP contribution < -0.4 is 0 Å². The Kier molecular flexibility index (Phi) is 6.29. The van der Waals surface area contributed by atoms with Crippen LogP contribution in [0.3, 0.4) is 0 Å². The first-order chi connectivity index (χ1) is 9.06. The van der Waals surface area contributed by atoms with Crippen LogP contribution in [0.4, 0.5) is 0 Å². The third-order valence-electron chi connectivity index (χ3n) is 2.96. The lowest BCUT2D eigenvalue weighted by Gasteiger charge is -2.19. The molecule has 0 saturated heterocycles. The van der Waals surface area contributed by atoms with E-state index in [-0.39, 0.29) is 19.1 Å². The average molecular weight is 267 g/mol. The van der Waals surface area contributed by atoms with Crippen LogP contribution in [0, 0.1) is 0 Å². The third-order valence-corrected chi connectivity index (χ3v) is 2.96. The summed E-state index contributed by atoms with van der Waals surface area (Å²) >= 11 is 0. The van der Waals surface area contributed by atoms with E-state index in [2.05, 4.69) is 6.58 Å². The number of carbonyl (C=O) groups is 2. The van der Waals surface area contributed by atoms with Gasteiger partial charge in [-0.3, -0.25) is 4.79 Å². The number of esters is 1. The maximum Gasteiger partial charge on any atom is 0.335 e. The van der Waals surface area contributed by atoms with E-state index in [1.807, 2.05) is 6.08 Å². The molecule has 19 heavy (non-hydrogen) atoms. The summed E-state index contributed by atoms with van der Waals surface area (Å²) in [6, 6.07) is 0. The molecular weight excluding hydrogens is 246 g/mol. The third kappa shape index (κ3) is 4.87. The number of hydrogen-bond donors (Lipinski definition) is 0. The molecule has 0 saturated carbocycles. The molecular formula is C14H21NO4. The van der Waals surface area contributed by atoms with E-state index in [0.29, 0.717) is 0 Å². The number of ether oxygens (including phenoxy) is 2. The van der Waals surface area contributed by atoms with Crippen molar-refractivity contribution < 1.29 is 19.1 Å². The molecule has 1 unspecified atom stereocenters. The Balaban J connectivity index is 2.32. The molecule has 5 heteroatoms. The molecule has 0 radical (unpaired) electrons. The molecule has 5 nitrogen and oxygen atoms in total. The van der Waals surface area contributed by atoms with Gasteiger partial charge in [-0.1, -0.05) is 12.2 Å². The van der Waals surface area contributed by atoms with Crippen LogP contribution in [0.1, 0.15) is 26.2 Å². The van der Waals surface area contributed by atoms with Crippen molar-refractivity contribution in [2.24, 2.45) is 0 Å². The predicted molar refractivity (Wildman–Crippen MR) is 71.3 cm³/mol. The van der Waals surface area contributed by atoms with Gasteiger partial charge in [0.1, 0.15) is 0 Å². The van der Waals surface area contributed by atoms with E-state index in [0.717, 1.165) is 25.0 Å². The minimum Gasteiger partial charge on any atom is -0.454 e. The van der Waals surface area contributed by atoms with Crippen LogP contribution in [0.5, 0.6) is 0 Å². The SMILES string of the molecule is C=CCOC(C)C(=O)OCC(=O)N(C)C1=CCCC1. The van der Waals surface area contributed by atoms with Crippen LogP contribution in [0.25, 0.3) is 0 Å². The Morgan fingerprint density at radius 1 is 1.58 bits per heavy atom. The maximum atomic E-state index is 11.8. The number of carbonyl (C=O) groups excluding carboxylic acids is 2. The van der Waals surface area contributed by atoms with Crippen molar-refractivity contribution in [2.75, 3.05) is 20.3 Å². The van der Waals surface area contributed by atoms with Crippen LogP contribution >= 0.6 is 0 Å². The molecule has 0 fully saturated rings. The molecule has 0 aliphatic heterocycles. The van der Waals surface area contributed by atoms with Gasteiger partial charge >= 0.3 is 5.97 Å². The van der Waals surface area contributed by atoms with Crippen LogP contribution in [-0.4, -0.2) is 43.1 Å². The fraction of sp³-hybridized carbons (Fsp3) is 0.571. The topological polar surface area (TPSA) is 55.8 Å². The van der Waals surface area contributed by atoms with E-state index in [1.165, 1.54) is 0 Å². The van der Waals surface area contributed by atoms with Gasteiger partial charge in [-0.2, -0.15) is 0 Å². The molecule has 1 atom stereocenters. The van der Waals surface area contributed by atoms with Gasteiger partial charge in [-0.15, -0.1) is 6.58 Å². The molecule has 106 valence electrons. The Labute approximate surface area is 113 Å². The predicted octanol–water partition coefficient (Wildman–Crippen LogP) is 1.65. The van der Waals surface area contributed by atoms with E-state index < -0.39 is 12.1 Å². The molecule has 0 aromatic rings. The van der Waals surface area contributed by atoms with Gasteiger partial charge in [0.15, 0.2) is 12.7 Å². The van der Waals surface area contributed by atoms with Gasteiger partial charge in [0, 0.05) is 12.7 Å². The normalized spacial score (nSPS) is 15.6. The second-order valence-corrected chi connectivity index (χ2v) is 4.41. The smallest absolute Gasteiger partial charge is 0.335 e. The fourth-order valence-electron chi connectivity index (χ4n) is 1.75. The summed E-state index contributed by atoms with van der Waals surface area (Å²) in [6.45, 7) is 5.09. The van der Waals surface area contributed by atoms with Gasteiger partial charge in [0.25, 0.3) is 5.91 Å². The molecule has 0 N–H and O–H groups in total. The van der Waals surface area contributed by atoms with Crippen LogP contribution in [0.15, 0.2) is 24.4 Å². The summed E-state index contributed by atoms with van der Waals surface area (Å²) in [4.78, 5) is 24.9. The first kappa shape index (κ1) is 15.4. The second-order valence-electron chi connectivity index (χ2n) is 4.41. The van der Waals surface area contributed by atoms with Crippen molar-refractivity contribution in [3.63, 3.8) is 0 Å². The molecule has 0 aromatic heterocycles. The van der Waals surface area contributed by atoms with E-state index in [9.17, 15) is 9.59 Å². The van der Waals surface area contributed by atoms with Crippen molar-refractivity contribution in [3.05, 3.63) is 24.4 Å². The first-order valence-corrected chi connectivity index (χ1v) is 6.41. The second kappa shape index (κ2) is 7.74. The Morgan fingerprint density at radius 3 is 2.89 bits per heavy atom. The number of amides is 1. The van der Waals surface area contributed by atoms with Gasteiger partial charge in [-0.05, 0) is 26.2 Å². The zero-order chi connectivity index (χ0) is 14.3. The van der Waals surface area contributed by atoms with Crippen molar-refractivity contribution in [2.45, 2.75) is 32.3 Å². The van der Waals surface area contributed by atoms with Crippen LogP contribution in [-0.2, 0) is 19.1 Å². The fourth-order valence-corrected chi connectivity index (χ4v) is 1.75. The highest BCUT2D eigenvalue weighted by molar-refractivity contribution is 5.82. The summed E-state index contributed by atoms with van der Waals surface area (Å²) in [5.74, 6) is -0.763. The lowest BCUT2D eigenvalue weighted by atomic mass is 10.3. The van der Waals surface area contributed by atoms with Gasteiger partial charge in [0.2, 0.25) is 0 Å². The van der Waals surface area contributed by atoms with Gasteiger partial charge < -0.3 is 14.4 Å². The molecule has 0 heterocycles. The number of allylic oxidation sites excluding steroid dienone is 2. The van der Waals surface area contributed by atoms with Gasteiger partial charge in [-0.25, -0.2) is 4.79 Å². The highest BCUT2D eigenvalue weighted by Crippen LogP contribution is 2.20. The molecule has 0 aromatic carbocycles. The monoisotopic (exact) mass is 267 g/mol. The summed E-state index contributed by atoms with van der Waals surface area (Å²) in [6.07, 6.45) is 5.86. The van der Waals surface area contributed by atoms with Crippen molar-refractivity contribution >= 4 is 11.9 Å². The number of hydrogen-bond acceptors (Lipinski definition) is 4. The Bertz CT molecular complexity index is 376. The Morgan fingerprint density at radius 2 is 2.32 bits per heavy atom. The van der Waals surface area contributed by atoms with E-state index >= 15 is 0 Å². The lowest BCUT2D eigenvalue weighted by molar-refractivity contribution is -0.159. The summed E-state index contributed by atoms with van der Waals surface area (Å²) < 4.78 is 10.0. The average Bonchev–Trinajstić information content (AvgIpc) is 2.94. The molecule has 1 aliphatic carbocycles. The summed E-state index contributed by atoms with van der Waals surface area (Å²) in [5, 5.41) is 0. The standard InChI is InChI=1S/C14H21NO4/c1-4-9-18-11(2)14(17)19-10-13(16)15(3)12-7-5-6-8-12/h4,7,11H,1,5-6,8-10H2,2-3H3. The highest BCUT2D eigenvalue weighted by atomic mass is 16.6. The maximum absolute atomic E-state index is 11.8. The van der Waals surface area contributed by atoms with Crippen molar-refractivity contribution in [1.29, 1.82) is 0 Å². The minimum atomic E-state index is -0.693. The minimum absolute atomic E-state index is 0.225. The molecule has 0 bridgehead atoms. The molecule has 1 amide bonds. The molecule has 1 rings (SSSR count). The van der Waals surface area contributed by atoms with Crippen LogP contribution in [0.2, 0.25) is 0 Å². The van der Waals surface area contributed by atoms with Crippen molar-refractivity contribution in [3.8, 4) is 0 Å². The first-order valence-electron chi connectivity index (χ1n) is 6.41. The molecule has 1 aliphatic rings. The number of likely N-dealkylation sites (N-methyl/N-ethyl adjacent to an activating group) is 1.